The minimum Gasteiger partial charge on any atom is -0.298 e. The van der Waals surface area contributed by atoms with E-state index in [0.29, 0.717) is 24.0 Å². The maximum Gasteiger partial charge on any atom is 0.243 e. The lowest BCUT2D eigenvalue weighted by Gasteiger charge is -2.37. The van der Waals surface area contributed by atoms with Crippen molar-refractivity contribution < 1.29 is 8.42 Å². The Morgan fingerprint density at radius 1 is 0.952 bits per heavy atom. The first-order chi connectivity index (χ1) is 10.1. The summed E-state index contributed by atoms with van der Waals surface area (Å²) in [4.78, 5) is 2.90. The van der Waals surface area contributed by atoms with Gasteiger partial charge >= 0.3 is 0 Å². The van der Waals surface area contributed by atoms with Crippen molar-refractivity contribution in [1.29, 1.82) is 0 Å². The van der Waals surface area contributed by atoms with Crippen LogP contribution < -0.4 is 0 Å². The summed E-state index contributed by atoms with van der Waals surface area (Å²) in [6.45, 7) is 4.95. The number of hydrogen-bond donors (Lipinski definition) is 0. The van der Waals surface area contributed by atoms with Gasteiger partial charge in [-0.25, -0.2) is 8.42 Å². The van der Waals surface area contributed by atoms with E-state index in [4.69, 9.17) is 0 Å². The summed E-state index contributed by atoms with van der Waals surface area (Å²) in [6.07, 6.45) is 5.22. The van der Waals surface area contributed by atoms with Crippen molar-refractivity contribution in [3.8, 4) is 0 Å². The molecule has 1 heterocycles. The van der Waals surface area contributed by atoms with Gasteiger partial charge in [0, 0.05) is 32.2 Å². The van der Waals surface area contributed by atoms with E-state index in [-0.39, 0.29) is 0 Å². The van der Waals surface area contributed by atoms with Crippen LogP contribution in [0.4, 0.5) is 0 Å². The zero-order chi connectivity index (χ0) is 14.9. The molecule has 5 heteroatoms. The van der Waals surface area contributed by atoms with E-state index in [0.717, 1.165) is 18.7 Å². The Bertz CT molecular complexity index is 569. The lowest BCUT2D eigenvalue weighted by Crippen LogP contribution is -2.51. The van der Waals surface area contributed by atoms with Gasteiger partial charge in [0.15, 0.2) is 0 Å². The van der Waals surface area contributed by atoms with Crippen molar-refractivity contribution in [2.75, 3.05) is 26.2 Å². The SMILES string of the molecule is Cc1ccc(S(=O)(=O)N2CCN(C3CCCC3)CC2)cc1. The van der Waals surface area contributed by atoms with Gasteiger partial charge in [-0.2, -0.15) is 4.31 Å². The molecule has 21 heavy (non-hydrogen) atoms. The molecule has 4 nitrogen and oxygen atoms in total. The highest BCUT2D eigenvalue weighted by Gasteiger charge is 2.31. The Morgan fingerprint density at radius 3 is 2.10 bits per heavy atom. The largest absolute Gasteiger partial charge is 0.298 e. The molecular weight excluding hydrogens is 284 g/mol. The molecule has 1 aromatic carbocycles. The summed E-state index contributed by atoms with van der Waals surface area (Å²) in [5.41, 5.74) is 1.08. The van der Waals surface area contributed by atoms with Crippen molar-refractivity contribution in [3.05, 3.63) is 29.8 Å². The molecule has 0 N–H and O–H groups in total. The van der Waals surface area contributed by atoms with E-state index >= 15 is 0 Å². The molecule has 0 radical (unpaired) electrons. The molecule has 1 saturated carbocycles. The molecule has 0 amide bonds. The second-order valence-electron chi connectivity index (χ2n) is 6.19. The molecule has 1 saturated heterocycles. The number of hydrogen-bond acceptors (Lipinski definition) is 3. The fourth-order valence-corrected chi connectivity index (χ4v) is 4.86. The third-order valence-corrected chi connectivity index (χ3v) is 6.69. The van der Waals surface area contributed by atoms with Gasteiger partial charge in [0.1, 0.15) is 0 Å². The van der Waals surface area contributed by atoms with Gasteiger partial charge in [0.25, 0.3) is 0 Å². The quantitative estimate of drug-likeness (QED) is 0.860. The molecule has 0 aromatic heterocycles. The second-order valence-corrected chi connectivity index (χ2v) is 8.13. The number of piperazine rings is 1. The van der Waals surface area contributed by atoms with E-state index < -0.39 is 10.0 Å². The number of benzene rings is 1. The Balaban J connectivity index is 1.66. The van der Waals surface area contributed by atoms with E-state index in [1.807, 2.05) is 19.1 Å². The first kappa shape index (κ1) is 15.0. The van der Waals surface area contributed by atoms with Gasteiger partial charge in [-0.05, 0) is 31.9 Å². The number of aryl methyl sites for hydroxylation is 1. The summed E-state index contributed by atoms with van der Waals surface area (Å²) in [5, 5.41) is 0. The van der Waals surface area contributed by atoms with Crippen LogP contribution in [0.15, 0.2) is 29.2 Å². The number of sulfonamides is 1. The topological polar surface area (TPSA) is 40.6 Å². The average molecular weight is 308 g/mol. The maximum atomic E-state index is 12.6. The van der Waals surface area contributed by atoms with E-state index in [1.54, 1.807) is 16.4 Å². The highest BCUT2D eigenvalue weighted by atomic mass is 32.2. The van der Waals surface area contributed by atoms with E-state index in [2.05, 4.69) is 4.90 Å². The predicted molar refractivity (Wildman–Crippen MR) is 83.8 cm³/mol. The van der Waals surface area contributed by atoms with Crippen LogP contribution in [-0.2, 0) is 10.0 Å². The van der Waals surface area contributed by atoms with Gasteiger partial charge < -0.3 is 0 Å². The van der Waals surface area contributed by atoms with Gasteiger partial charge in [0.2, 0.25) is 10.0 Å². The zero-order valence-corrected chi connectivity index (χ0v) is 13.5. The van der Waals surface area contributed by atoms with Crippen molar-refractivity contribution in [2.45, 2.75) is 43.5 Å². The monoisotopic (exact) mass is 308 g/mol. The van der Waals surface area contributed by atoms with Gasteiger partial charge in [0.05, 0.1) is 4.90 Å². The molecule has 2 aliphatic rings. The fourth-order valence-electron chi connectivity index (χ4n) is 3.44. The summed E-state index contributed by atoms with van der Waals surface area (Å²) in [6, 6.07) is 7.85. The summed E-state index contributed by atoms with van der Waals surface area (Å²) < 4.78 is 26.9. The average Bonchev–Trinajstić information content (AvgIpc) is 3.02. The van der Waals surface area contributed by atoms with E-state index in [9.17, 15) is 8.42 Å². The minimum atomic E-state index is -3.32. The molecule has 3 rings (SSSR count). The zero-order valence-electron chi connectivity index (χ0n) is 12.7. The third-order valence-electron chi connectivity index (χ3n) is 4.77. The maximum absolute atomic E-state index is 12.6. The van der Waals surface area contributed by atoms with Crippen LogP contribution >= 0.6 is 0 Å². The molecule has 1 aromatic rings. The summed E-state index contributed by atoms with van der Waals surface area (Å²) >= 11 is 0. The smallest absolute Gasteiger partial charge is 0.243 e. The molecule has 1 aliphatic heterocycles. The highest BCUT2D eigenvalue weighted by molar-refractivity contribution is 7.89. The van der Waals surface area contributed by atoms with Gasteiger partial charge in [-0.15, -0.1) is 0 Å². The van der Waals surface area contributed by atoms with Crippen molar-refractivity contribution in [3.63, 3.8) is 0 Å². The molecule has 116 valence electrons. The van der Waals surface area contributed by atoms with Crippen LogP contribution in [0.5, 0.6) is 0 Å². The Labute approximate surface area is 127 Å². The van der Waals surface area contributed by atoms with Gasteiger partial charge in [-0.3, -0.25) is 4.90 Å². The Morgan fingerprint density at radius 2 is 1.52 bits per heavy atom. The molecule has 1 aliphatic carbocycles. The normalized spacial score (nSPS) is 22.7. The van der Waals surface area contributed by atoms with Crippen molar-refractivity contribution in [2.24, 2.45) is 0 Å². The number of rotatable bonds is 3. The van der Waals surface area contributed by atoms with Crippen LogP contribution in [0.1, 0.15) is 31.2 Å². The predicted octanol–water partition coefficient (Wildman–Crippen LogP) is 2.24. The lowest BCUT2D eigenvalue weighted by molar-refractivity contribution is 0.139. The third kappa shape index (κ3) is 3.15. The van der Waals surface area contributed by atoms with Gasteiger partial charge in [-0.1, -0.05) is 30.5 Å². The lowest BCUT2D eigenvalue weighted by atomic mass is 10.2. The van der Waals surface area contributed by atoms with E-state index in [1.165, 1.54) is 25.7 Å². The van der Waals surface area contributed by atoms with Crippen LogP contribution in [0.25, 0.3) is 0 Å². The standard InChI is InChI=1S/C16H24N2O2S/c1-14-6-8-16(9-7-14)21(19,20)18-12-10-17(11-13-18)15-4-2-3-5-15/h6-9,15H,2-5,10-13H2,1H3. The number of nitrogens with zero attached hydrogens (tertiary/aromatic N) is 2. The summed E-state index contributed by atoms with van der Waals surface area (Å²) in [7, 11) is -3.32. The first-order valence-corrected chi connectivity index (χ1v) is 9.32. The molecule has 0 bridgehead atoms. The van der Waals surface area contributed by atoms with Crippen LogP contribution in [-0.4, -0.2) is 49.8 Å². The van der Waals surface area contributed by atoms with Crippen LogP contribution in [0.2, 0.25) is 0 Å². The fraction of sp³-hybridized carbons (Fsp3) is 0.625. The molecule has 0 unspecified atom stereocenters. The molecule has 0 spiro atoms. The van der Waals surface area contributed by atoms with Crippen molar-refractivity contribution >= 4 is 10.0 Å². The summed E-state index contributed by atoms with van der Waals surface area (Å²) in [5.74, 6) is 0. The Kier molecular flexibility index (Phi) is 4.33. The molecule has 0 atom stereocenters. The molecule has 2 fully saturated rings. The van der Waals surface area contributed by atoms with Crippen LogP contribution in [0.3, 0.4) is 0 Å². The first-order valence-electron chi connectivity index (χ1n) is 7.88. The highest BCUT2D eigenvalue weighted by Crippen LogP contribution is 2.25. The Hall–Kier alpha value is -0.910. The van der Waals surface area contributed by atoms with Crippen LogP contribution in [0, 0.1) is 6.92 Å². The van der Waals surface area contributed by atoms with Crippen molar-refractivity contribution in [1.82, 2.24) is 9.21 Å². The molecular formula is C16H24N2O2S. The second kappa shape index (κ2) is 6.07. The minimum absolute atomic E-state index is 0.419.